The fraction of sp³-hybridized carbons (Fsp3) is 0. The van der Waals surface area contributed by atoms with Gasteiger partial charge in [-0.05, 0) is 36.4 Å². The quantitative estimate of drug-likeness (QED) is 0.373. The molecule has 0 amide bonds. The van der Waals surface area contributed by atoms with E-state index in [2.05, 4.69) is 15.0 Å². The molecule has 7 rings (SSSR count). The van der Waals surface area contributed by atoms with Crippen molar-refractivity contribution in [2.45, 2.75) is 0 Å². The molecule has 0 atom stereocenters. The van der Waals surface area contributed by atoms with E-state index in [1.165, 1.54) is 10.5 Å². The maximum absolute atomic E-state index is 13.4. The highest BCUT2D eigenvalue weighted by atomic mass is 16.1. The minimum absolute atomic E-state index is 0.272. The van der Waals surface area contributed by atoms with Gasteiger partial charge in [-0.1, -0.05) is 60.7 Å². The lowest BCUT2D eigenvalue weighted by Gasteiger charge is -2.04. The number of imidazole rings is 1. The molecule has 9 heteroatoms. The normalized spacial score (nSPS) is 11.4. The van der Waals surface area contributed by atoms with E-state index in [1.807, 2.05) is 84.9 Å². The molecule has 0 bridgehead atoms. The number of rotatable bonds is 4. The number of aromatic nitrogens is 7. The Morgan fingerprint density at radius 3 is 2.21 bits per heavy atom. The van der Waals surface area contributed by atoms with Gasteiger partial charge in [0.25, 0.3) is 11.1 Å². The van der Waals surface area contributed by atoms with Crippen molar-refractivity contribution in [1.82, 2.24) is 34.1 Å². The van der Waals surface area contributed by atoms with Gasteiger partial charge in [-0.25, -0.2) is 14.4 Å². The van der Waals surface area contributed by atoms with Crippen LogP contribution in [0.2, 0.25) is 0 Å². The Morgan fingerprint density at radius 2 is 1.45 bits per heavy atom. The van der Waals surface area contributed by atoms with E-state index in [1.54, 1.807) is 16.8 Å². The maximum Gasteiger partial charge on any atom is 0.261 e. The van der Waals surface area contributed by atoms with Crippen LogP contribution in [-0.4, -0.2) is 34.1 Å². The summed E-state index contributed by atoms with van der Waals surface area (Å²) in [6.45, 7) is 0. The first-order chi connectivity index (χ1) is 18.7. The van der Waals surface area contributed by atoms with Gasteiger partial charge in [-0.3, -0.25) is 9.59 Å². The molecule has 0 radical (unpaired) electrons. The molecule has 0 aliphatic rings. The fourth-order valence-electron chi connectivity index (χ4n) is 4.54. The summed E-state index contributed by atoms with van der Waals surface area (Å²) in [5.41, 5.74) is 3.79. The van der Waals surface area contributed by atoms with Gasteiger partial charge in [0, 0.05) is 11.6 Å². The Morgan fingerprint density at radius 1 is 0.711 bits per heavy atom. The smallest absolute Gasteiger partial charge is 0.261 e. The molecule has 9 nitrogen and oxygen atoms in total. The molecule has 7 aromatic rings. The third-order valence-electron chi connectivity index (χ3n) is 6.36. The van der Waals surface area contributed by atoms with Gasteiger partial charge in [-0.15, -0.1) is 5.10 Å². The summed E-state index contributed by atoms with van der Waals surface area (Å²) in [5, 5.41) is 4.73. The summed E-state index contributed by atoms with van der Waals surface area (Å²) < 4.78 is 3.01. The molecule has 0 fully saturated rings. The molecule has 0 spiro atoms. The molecule has 0 saturated heterocycles. The average molecular weight is 498 g/mol. The zero-order valence-electron chi connectivity index (χ0n) is 19.9. The molecule has 38 heavy (non-hydrogen) atoms. The van der Waals surface area contributed by atoms with Crippen LogP contribution in [0.1, 0.15) is 0 Å². The van der Waals surface area contributed by atoms with Gasteiger partial charge in [-0.2, -0.15) is 4.68 Å². The van der Waals surface area contributed by atoms with Gasteiger partial charge in [0.2, 0.25) is 5.78 Å². The maximum atomic E-state index is 13.4. The molecular weight excluding hydrogens is 478 g/mol. The van der Waals surface area contributed by atoms with Crippen LogP contribution in [0, 0.1) is 0 Å². The van der Waals surface area contributed by atoms with Crippen molar-refractivity contribution in [3.63, 3.8) is 0 Å². The van der Waals surface area contributed by atoms with E-state index in [0.717, 1.165) is 22.3 Å². The number of benzene rings is 3. The van der Waals surface area contributed by atoms with Crippen molar-refractivity contribution in [2.24, 2.45) is 0 Å². The number of para-hydroxylation sites is 3. The number of hydrogen-bond donors (Lipinski definition) is 2. The summed E-state index contributed by atoms with van der Waals surface area (Å²) >= 11 is 0. The molecule has 4 aromatic heterocycles. The van der Waals surface area contributed by atoms with Gasteiger partial charge >= 0.3 is 0 Å². The Bertz CT molecular complexity index is 2040. The Labute approximate surface area is 214 Å². The second-order valence-electron chi connectivity index (χ2n) is 8.77. The summed E-state index contributed by atoms with van der Waals surface area (Å²) in [5.74, 6) is 1.07. The molecule has 0 unspecified atom stereocenters. The van der Waals surface area contributed by atoms with Gasteiger partial charge in [0.1, 0.15) is 5.82 Å². The average Bonchev–Trinajstić information content (AvgIpc) is 3.56. The SMILES string of the molecule is O=c1[nH]c(-c2nn(-c3ccccc3)c3nc(-c4ccccc4)cc(=O)n23)ccc1-c1nc2ccccc2[nH]1. The predicted octanol–water partition coefficient (Wildman–Crippen LogP) is 4.45. The first-order valence-electron chi connectivity index (χ1n) is 12.0. The van der Waals surface area contributed by atoms with Crippen LogP contribution in [0.4, 0.5) is 0 Å². The Kier molecular flexibility index (Phi) is 4.87. The molecule has 0 aliphatic carbocycles. The second-order valence-corrected chi connectivity index (χ2v) is 8.77. The number of aromatic amines is 2. The van der Waals surface area contributed by atoms with E-state index in [4.69, 9.17) is 10.1 Å². The van der Waals surface area contributed by atoms with Crippen LogP contribution in [0.15, 0.2) is 113 Å². The van der Waals surface area contributed by atoms with Crippen molar-refractivity contribution in [1.29, 1.82) is 0 Å². The number of pyridine rings is 1. The molecule has 3 aromatic carbocycles. The summed E-state index contributed by atoms with van der Waals surface area (Å²) in [7, 11) is 0. The lowest BCUT2D eigenvalue weighted by Crippen LogP contribution is -2.17. The molecule has 182 valence electrons. The minimum atomic E-state index is -0.356. The number of nitrogens with zero attached hydrogens (tertiary/aromatic N) is 5. The number of H-pyrrole nitrogens is 2. The standard InChI is InChI=1S/C29H19N7O2/c37-25-17-24(18-9-3-1-4-10-18)33-29-35(25)27(34-36(29)19-11-5-2-6-12-19)23-16-15-20(28(38)32-23)26-30-21-13-7-8-14-22(21)31-26/h1-17H,(H,30,31)(H,32,38). The van der Waals surface area contributed by atoms with Gasteiger partial charge in [0.15, 0.2) is 5.82 Å². The van der Waals surface area contributed by atoms with Crippen LogP contribution in [-0.2, 0) is 0 Å². The van der Waals surface area contributed by atoms with Crippen LogP contribution in [0.5, 0.6) is 0 Å². The third-order valence-corrected chi connectivity index (χ3v) is 6.36. The van der Waals surface area contributed by atoms with Crippen LogP contribution in [0.25, 0.3) is 56.7 Å². The predicted molar refractivity (Wildman–Crippen MR) is 145 cm³/mol. The highest BCUT2D eigenvalue weighted by Gasteiger charge is 2.20. The topological polar surface area (TPSA) is 114 Å². The monoisotopic (exact) mass is 497 g/mol. The lowest BCUT2D eigenvalue weighted by atomic mass is 10.1. The van der Waals surface area contributed by atoms with Crippen LogP contribution in [0.3, 0.4) is 0 Å². The molecule has 0 saturated carbocycles. The number of fused-ring (bicyclic) bond motifs is 2. The van der Waals surface area contributed by atoms with Crippen molar-refractivity contribution < 1.29 is 0 Å². The van der Waals surface area contributed by atoms with E-state index in [-0.39, 0.29) is 16.9 Å². The zero-order valence-corrected chi connectivity index (χ0v) is 19.9. The lowest BCUT2D eigenvalue weighted by molar-refractivity contribution is 0.897. The number of hydrogen-bond acceptors (Lipinski definition) is 5. The van der Waals surface area contributed by atoms with Crippen molar-refractivity contribution in [2.75, 3.05) is 0 Å². The van der Waals surface area contributed by atoms with E-state index >= 15 is 0 Å². The van der Waals surface area contributed by atoms with E-state index < -0.39 is 0 Å². The summed E-state index contributed by atoms with van der Waals surface area (Å²) in [6, 6.07) is 31.4. The first kappa shape index (κ1) is 21.7. The fourth-order valence-corrected chi connectivity index (χ4v) is 4.54. The minimum Gasteiger partial charge on any atom is -0.338 e. The highest BCUT2D eigenvalue weighted by molar-refractivity contribution is 5.79. The zero-order chi connectivity index (χ0) is 25.6. The van der Waals surface area contributed by atoms with Crippen molar-refractivity contribution >= 4 is 16.8 Å². The van der Waals surface area contributed by atoms with E-state index in [0.29, 0.717) is 28.6 Å². The largest absolute Gasteiger partial charge is 0.338 e. The second kappa shape index (κ2) is 8.52. The third kappa shape index (κ3) is 3.53. The molecule has 0 aliphatic heterocycles. The summed E-state index contributed by atoms with van der Waals surface area (Å²) in [6.07, 6.45) is 0. The van der Waals surface area contributed by atoms with Crippen molar-refractivity contribution in [3.8, 4) is 39.9 Å². The first-order valence-corrected chi connectivity index (χ1v) is 12.0. The molecule has 4 heterocycles. The van der Waals surface area contributed by atoms with E-state index in [9.17, 15) is 9.59 Å². The van der Waals surface area contributed by atoms with Crippen molar-refractivity contribution in [3.05, 3.63) is 124 Å². The summed E-state index contributed by atoms with van der Waals surface area (Å²) in [4.78, 5) is 42.0. The highest BCUT2D eigenvalue weighted by Crippen LogP contribution is 2.23. The van der Waals surface area contributed by atoms with Gasteiger partial charge < -0.3 is 9.97 Å². The van der Waals surface area contributed by atoms with Crippen LogP contribution < -0.4 is 11.1 Å². The molecular formula is C29H19N7O2. The Hall–Kier alpha value is -5.57. The van der Waals surface area contributed by atoms with Gasteiger partial charge in [0.05, 0.1) is 33.7 Å². The Balaban J connectivity index is 1.42. The van der Waals surface area contributed by atoms with Crippen LogP contribution >= 0.6 is 0 Å². The molecule has 2 N–H and O–H groups in total. The number of nitrogens with one attached hydrogen (secondary N) is 2.